The first-order valence-electron chi connectivity index (χ1n) is 10.4. The van der Waals surface area contributed by atoms with Gasteiger partial charge in [0.1, 0.15) is 0 Å². The summed E-state index contributed by atoms with van der Waals surface area (Å²) in [4.78, 5) is 26.0. The summed E-state index contributed by atoms with van der Waals surface area (Å²) in [6.45, 7) is 2.40. The van der Waals surface area contributed by atoms with E-state index < -0.39 is 5.97 Å². The van der Waals surface area contributed by atoms with Gasteiger partial charge in [-0.15, -0.1) is 10.2 Å². The van der Waals surface area contributed by atoms with Gasteiger partial charge in [-0.3, -0.25) is 4.79 Å². The van der Waals surface area contributed by atoms with E-state index in [2.05, 4.69) is 10.2 Å². The number of benzene rings is 3. The molecule has 33 heavy (non-hydrogen) atoms. The Morgan fingerprint density at radius 3 is 2.18 bits per heavy atom. The van der Waals surface area contributed by atoms with Crippen LogP contribution in [0.2, 0.25) is 0 Å². The number of esters is 1. The Morgan fingerprint density at radius 2 is 1.52 bits per heavy atom. The summed E-state index contributed by atoms with van der Waals surface area (Å²) in [7, 11) is 3.08. The number of hydrogen-bond donors (Lipinski definition) is 0. The Hall–Kier alpha value is -4.26. The molecule has 0 spiro atoms. The van der Waals surface area contributed by atoms with Crippen LogP contribution in [-0.4, -0.2) is 41.1 Å². The van der Waals surface area contributed by atoms with E-state index in [1.165, 1.54) is 7.11 Å². The summed E-state index contributed by atoms with van der Waals surface area (Å²) in [5.41, 5.74) is 4.61. The molecule has 4 aromatic rings. The predicted octanol–water partition coefficient (Wildman–Crippen LogP) is 4.77. The van der Waals surface area contributed by atoms with Crippen LogP contribution in [-0.2, 0) is 11.3 Å². The van der Waals surface area contributed by atoms with E-state index in [1.54, 1.807) is 60.5 Å². The number of methoxy groups -OCH3 is 1. The van der Waals surface area contributed by atoms with Crippen molar-refractivity contribution in [2.75, 3.05) is 14.2 Å². The number of amides is 1. The maximum Gasteiger partial charge on any atom is 0.337 e. The fraction of sp³-hybridized carbons (Fsp3) is 0.154. The van der Waals surface area contributed by atoms with Gasteiger partial charge in [0.2, 0.25) is 11.8 Å². The Morgan fingerprint density at radius 1 is 0.879 bits per heavy atom. The van der Waals surface area contributed by atoms with Crippen molar-refractivity contribution < 1.29 is 18.7 Å². The minimum atomic E-state index is -0.390. The Labute approximate surface area is 191 Å². The molecule has 4 rings (SSSR count). The van der Waals surface area contributed by atoms with E-state index in [4.69, 9.17) is 9.15 Å². The molecule has 7 nitrogen and oxygen atoms in total. The van der Waals surface area contributed by atoms with E-state index in [-0.39, 0.29) is 5.91 Å². The molecule has 0 atom stereocenters. The van der Waals surface area contributed by atoms with Gasteiger partial charge in [0.15, 0.2) is 0 Å². The van der Waals surface area contributed by atoms with Crippen LogP contribution in [0.3, 0.4) is 0 Å². The molecule has 1 amide bonds. The first-order chi connectivity index (χ1) is 16.0. The standard InChI is InChI=1S/C26H23N3O4/c1-17-6-4-5-7-22(17)24-28-27-23(33-24)19-12-14-20(15-13-19)25(30)29(2)16-18-8-10-21(11-9-18)26(31)32-3/h4-15H,16H2,1-3H3. The van der Waals surface area contributed by atoms with Gasteiger partial charge in [-0.25, -0.2) is 4.79 Å². The van der Waals surface area contributed by atoms with Crippen molar-refractivity contribution in [1.82, 2.24) is 15.1 Å². The van der Waals surface area contributed by atoms with E-state index in [9.17, 15) is 9.59 Å². The SMILES string of the molecule is COC(=O)c1ccc(CN(C)C(=O)c2ccc(-c3nnc(-c4ccccc4C)o3)cc2)cc1. The van der Waals surface area contributed by atoms with E-state index in [1.807, 2.05) is 31.2 Å². The fourth-order valence-corrected chi connectivity index (χ4v) is 3.45. The molecule has 0 N–H and O–H groups in total. The molecule has 0 bridgehead atoms. The molecule has 0 radical (unpaired) electrons. The molecule has 0 unspecified atom stereocenters. The second-order valence-corrected chi connectivity index (χ2v) is 7.65. The van der Waals surface area contributed by atoms with Crippen molar-refractivity contribution in [3.8, 4) is 22.9 Å². The maximum absolute atomic E-state index is 12.8. The van der Waals surface area contributed by atoms with Gasteiger partial charge in [-0.05, 0) is 60.5 Å². The smallest absolute Gasteiger partial charge is 0.337 e. The second kappa shape index (κ2) is 9.48. The third-order valence-corrected chi connectivity index (χ3v) is 5.32. The lowest BCUT2D eigenvalue weighted by Crippen LogP contribution is -2.26. The third-order valence-electron chi connectivity index (χ3n) is 5.32. The summed E-state index contributed by atoms with van der Waals surface area (Å²) in [5, 5.41) is 8.31. The van der Waals surface area contributed by atoms with E-state index >= 15 is 0 Å². The molecule has 1 aromatic heterocycles. The number of carbonyl (C=O) groups is 2. The molecule has 0 aliphatic carbocycles. The van der Waals surface area contributed by atoms with Crippen LogP contribution in [0.1, 0.15) is 31.8 Å². The van der Waals surface area contributed by atoms with Crippen molar-refractivity contribution in [3.63, 3.8) is 0 Å². The number of hydrogen-bond acceptors (Lipinski definition) is 6. The quantitative estimate of drug-likeness (QED) is 0.401. The lowest BCUT2D eigenvalue weighted by molar-refractivity contribution is 0.0600. The van der Waals surface area contributed by atoms with Gasteiger partial charge in [0.25, 0.3) is 5.91 Å². The minimum Gasteiger partial charge on any atom is -0.465 e. The van der Waals surface area contributed by atoms with Gasteiger partial charge in [-0.2, -0.15) is 0 Å². The number of aryl methyl sites for hydroxylation is 1. The van der Waals surface area contributed by atoms with Gasteiger partial charge in [-0.1, -0.05) is 30.3 Å². The van der Waals surface area contributed by atoms with Gasteiger partial charge in [0.05, 0.1) is 12.7 Å². The molecule has 1 heterocycles. The number of aromatic nitrogens is 2. The summed E-state index contributed by atoms with van der Waals surface area (Å²) >= 11 is 0. The summed E-state index contributed by atoms with van der Waals surface area (Å²) in [6, 6.07) is 21.9. The molecule has 3 aromatic carbocycles. The summed E-state index contributed by atoms with van der Waals surface area (Å²) in [6.07, 6.45) is 0. The molecular weight excluding hydrogens is 418 g/mol. The van der Waals surface area contributed by atoms with Crippen LogP contribution in [0.4, 0.5) is 0 Å². The highest BCUT2D eigenvalue weighted by Crippen LogP contribution is 2.26. The fourth-order valence-electron chi connectivity index (χ4n) is 3.45. The number of ether oxygens (including phenoxy) is 1. The molecule has 0 aliphatic heterocycles. The van der Waals surface area contributed by atoms with Gasteiger partial charge >= 0.3 is 5.97 Å². The zero-order valence-electron chi connectivity index (χ0n) is 18.6. The minimum absolute atomic E-state index is 0.121. The lowest BCUT2D eigenvalue weighted by atomic mass is 10.1. The number of rotatable bonds is 6. The molecule has 0 saturated carbocycles. The van der Waals surface area contributed by atoms with Crippen molar-refractivity contribution in [3.05, 3.63) is 95.1 Å². The van der Waals surface area contributed by atoms with Crippen LogP contribution in [0.25, 0.3) is 22.9 Å². The van der Waals surface area contributed by atoms with Gasteiger partial charge < -0.3 is 14.1 Å². The summed E-state index contributed by atoms with van der Waals surface area (Å²) < 4.78 is 10.6. The zero-order chi connectivity index (χ0) is 23.4. The largest absolute Gasteiger partial charge is 0.465 e. The Kier molecular flexibility index (Phi) is 6.31. The second-order valence-electron chi connectivity index (χ2n) is 7.65. The monoisotopic (exact) mass is 441 g/mol. The van der Waals surface area contributed by atoms with Crippen molar-refractivity contribution in [2.45, 2.75) is 13.5 Å². The zero-order valence-corrected chi connectivity index (χ0v) is 18.6. The van der Waals surface area contributed by atoms with E-state index in [0.717, 1.165) is 22.3 Å². The summed E-state index contributed by atoms with van der Waals surface area (Å²) in [5.74, 6) is 0.343. The first kappa shape index (κ1) is 22.0. The molecule has 0 aliphatic rings. The van der Waals surface area contributed by atoms with E-state index in [0.29, 0.717) is 29.5 Å². The molecule has 0 fully saturated rings. The molecule has 166 valence electrons. The highest BCUT2D eigenvalue weighted by atomic mass is 16.5. The van der Waals surface area contributed by atoms with Crippen molar-refractivity contribution >= 4 is 11.9 Å². The molecule has 7 heteroatoms. The average molecular weight is 441 g/mol. The maximum atomic E-state index is 12.8. The van der Waals surface area contributed by atoms with Crippen LogP contribution >= 0.6 is 0 Å². The van der Waals surface area contributed by atoms with Crippen LogP contribution < -0.4 is 0 Å². The Bertz CT molecular complexity index is 1280. The highest BCUT2D eigenvalue weighted by Gasteiger charge is 2.15. The lowest BCUT2D eigenvalue weighted by Gasteiger charge is -2.17. The predicted molar refractivity (Wildman–Crippen MR) is 123 cm³/mol. The molecule has 0 saturated heterocycles. The average Bonchev–Trinajstić information content (AvgIpc) is 3.34. The molecular formula is C26H23N3O4. The van der Waals surface area contributed by atoms with Crippen LogP contribution in [0, 0.1) is 6.92 Å². The third kappa shape index (κ3) is 4.82. The topological polar surface area (TPSA) is 85.5 Å². The Balaban J connectivity index is 1.44. The van der Waals surface area contributed by atoms with Crippen molar-refractivity contribution in [1.29, 1.82) is 0 Å². The normalized spacial score (nSPS) is 10.6. The van der Waals surface area contributed by atoms with Gasteiger partial charge in [0, 0.05) is 30.3 Å². The van der Waals surface area contributed by atoms with Crippen molar-refractivity contribution in [2.24, 2.45) is 0 Å². The van der Waals surface area contributed by atoms with Crippen LogP contribution in [0.15, 0.2) is 77.2 Å². The first-order valence-corrected chi connectivity index (χ1v) is 10.4. The highest BCUT2D eigenvalue weighted by molar-refractivity contribution is 5.94. The number of nitrogens with zero attached hydrogens (tertiary/aromatic N) is 3. The number of carbonyl (C=O) groups excluding carboxylic acids is 2. The van der Waals surface area contributed by atoms with Crippen LogP contribution in [0.5, 0.6) is 0 Å².